The van der Waals surface area contributed by atoms with Crippen molar-refractivity contribution in [2.24, 2.45) is 5.73 Å². The zero-order valence-electron chi connectivity index (χ0n) is 11.7. The molecule has 1 atom stereocenters. The first-order valence-corrected chi connectivity index (χ1v) is 6.89. The zero-order chi connectivity index (χ0) is 13.9. The van der Waals surface area contributed by atoms with Gasteiger partial charge in [0.25, 0.3) is 0 Å². The van der Waals surface area contributed by atoms with Crippen LogP contribution in [0.5, 0.6) is 0 Å². The quantitative estimate of drug-likeness (QED) is 0.947. The number of nitrogens with two attached hydrogens (primary N) is 1. The Balaban J connectivity index is 0.00000161. The fourth-order valence-electron chi connectivity index (χ4n) is 2.57. The van der Waals surface area contributed by atoms with Crippen LogP contribution < -0.4 is 5.73 Å². The van der Waals surface area contributed by atoms with Crippen LogP contribution in [0.2, 0.25) is 0 Å². The summed E-state index contributed by atoms with van der Waals surface area (Å²) in [7, 11) is 0. The van der Waals surface area contributed by atoms with E-state index in [0.717, 1.165) is 43.7 Å². The van der Waals surface area contributed by atoms with E-state index in [1.54, 1.807) is 18.4 Å². The van der Waals surface area contributed by atoms with Crippen LogP contribution in [0.1, 0.15) is 18.5 Å². The molecule has 3 rings (SSSR count). The van der Waals surface area contributed by atoms with E-state index in [1.807, 2.05) is 0 Å². The van der Waals surface area contributed by atoms with Gasteiger partial charge in [-0.2, -0.15) is 0 Å². The van der Waals surface area contributed by atoms with E-state index in [0.29, 0.717) is 5.89 Å². The summed E-state index contributed by atoms with van der Waals surface area (Å²) in [6.45, 7) is 2.70. The monoisotopic (exact) mass is 311 g/mol. The van der Waals surface area contributed by atoms with Crippen molar-refractivity contribution < 1.29 is 8.81 Å². The van der Waals surface area contributed by atoms with Gasteiger partial charge in [-0.1, -0.05) is 0 Å². The summed E-state index contributed by atoms with van der Waals surface area (Å²) in [5.41, 5.74) is 7.64. The third kappa shape index (κ3) is 4.03. The first-order chi connectivity index (χ1) is 9.70. The van der Waals surface area contributed by atoms with Gasteiger partial charge < -0.3 is 10.2 Å². The molecule has 2 aromatic rings. The number of hydrogen-bond acceptors (Lipinski definition) is 4. The maximum absolute atomic E-state index is 12.9. The number of rotatable bonds is 3. The molecular formula is C15H19ClFN3O. The van der Waals surface area contributed by atoms with Gasteiger partial charge in [-0.25, -0.2) is 9.37 Å². The number of aromatic nitrogens is 1. The average molecular weight is 312 g/mol. The lowest BCUT2D eigenvalue weighted by Gasteiger charge is -2.29. The minimum Gasteiger partial charge on any atom is -0.444 e. The van der Waals surface area contributed by atoms with Gasteiger partial charge in [-0.05, 0) is 43.7 Å². The molecule has 114 valence electrons. The molecule has 0 bridgehead atoms. The summed E-state index contributed by atoms with van der Waals surface area (Å²) >= 11 is 0. The van der Waals surface area contributed by atoms with Crippen molar-refractivity contribution in [3.05, 3.63) is 42.0 Å². The minimum absolute atomic E-state index is 0. The fraction of sp³-hybridized carbons (Fsp3) is 0.400. The second-order valence-corrected chi connectivity index (χ2v) is 5.29. The molecule has 4 nitrogen and oxygen atoms in total. The van der Waals surface area contributed by atoms with Crippen LogP contribution in [-0.2, 0) is 6.54 Å². The molecule has 0 radical (unpaired) electrons. The predicted octanol–water partition coefficient (Wildman–Crippen LogP) is 2.83. The Morgan fingerprint density at radius 3 is 2.81 bits per heavy atom. The molecule has 0 amide bonds. The summed E-state index contributed by atoms with van der Waals surface area (Å²) in [5, 5.41) is 0. The summed E-state index contributed by atoms with van der Waals surface area (Å²) in [6.07, 6.45) is 3.89. The van der Waals surface area contributed by atoms with Gasteiger partial charge in [-0.15, -0.1) is 12.4 Å². The van der Waals surface area contributed by atoms with E-state index in [9.17, 15) is 4.39 Å². The van der Waals surface area contributed by atoms with E-state index in [4.69, 9.17) is 10.2 Å². The van der Waals surface area contributed by atoms with E-state index in [-0.39, 0.29) is 24.3 Å². The molecule has 6 heteroatoms. The number of nitrogens with zero attached hydrogens (tertiary/aromatic N) is 2. The normalized spacial score (nSPS) is 19.2. The van der Waals surface area contributed by atoms with Crippen LogP contribution in [0.25, 0.3) is 11.5 Å². The lowest BCUT2D eigenvalue weighted by Crippen LogP contribution is -2.42. The summed E-state index contributed by atoms with van der Waals surface area (Å²) in [4.78, 5) is 6.75. The second-order valence-electron chi connectivity index (χ2n) is 5.29. The molecule has 1 unspecified atom stereocenters. The fourth-order valence-corrected chi connectivity index (χ4v) is 2.57. The SMILES string of the molecule is Cl.NC1CCCN(Cc2coc(-c3ccc(F)cc3)n2)C1. The smallest absolute Gasteiger partial charge is 0.226 e. The Morgan fingerprint density at radius 2 is 2.10 bits per heavy atom. The molecule has 1 aromatic heterocycles. The third-order valence-corrected chi connectivity index (χ3v) is 3.57. The van der Waals surface area contributed by atoms with Gasteiger partial charge in [0.2, 0.25) is 5.89 Å². The van der Waals surface area contributed by atoms with Crippen LogP contribution in [0.15, 0.2) is 34.9 Å². The Bertz CT molecular complexity index is 573. The molecule has 1 aromatic carbocycles. The van der Waals surface area contributed by atoms with Crippen LogP contribution in [0, 0.1) is 5.82 Å². The number of halogens is 2. The highest BCUT2D eigenvalue weighted by Crippen LogP contribution is 2.20. The highest BCUT2D eigenvalue weighted by molar-refractivity contribution is 5.85. The second kappa shape index (κ2) is 7.02. The first-order valence-electron chi connectivity index (χ1n) is 6.89. The predicted molar refractivity (Wildman–Crippen MR) is 81.6 cm³/mol. The molecule has 0 spiro atoms. The van der Waals surface area contributed by atoms with Crippen molar-refractivity contribution >= 4 is 12.4 Å². The minimum atomic E-state index is -0.261. The molecule has 0 aliphatic carbocycles. The van der Waals surface area contributed by atoms with Gasteiger partial charge in [0.1, 0.15) is 12.1 Å². The molecule has 0 saturated carbocycles. The molecule has 1 aliphatic heterocycles. The largest absolute Gasteiger partial charge is 0.444 e. The Hall–Kier alpha value is -1.43. The average Bonchev–Trinajstić information content (AvgIpc) is 2.88. The summed E-state index contributed by atoms with van der Waals surface area (Å²) in [6, 6.07) is 6.40. The number of oxazole rings is 1. The van der Waals surface area contributed by atoms with Gasteiger partial charge in [0.15, 0.2) is 0 Å². The molecule has 1 saturated heterocycles. The van der Waals surface area contributed by atoms with Gasteiger partial charge in [-0.3, -0.25) is 4.90 Å². The maximum atomic E-state index is 12.9. The lowest BCUT2D eigenvalue weighted by molar-refractivity contribution is 0.199. The van der Waals surface area contributed by atoms with E-state index in [2.05, 4.69) is 9.88 Å². The van der Waals surface area contributed by atoms with Crippen molar-refractivity contribution in [3.63, 3.8) is 0 Å². The maximum Gasteiger partial charge on any atom is 0.226 e. The molecule has 1 fully saturated rings. The topological polar surface area (TPSA) is 55.3 Å². The van der Waals surface area contributed by atoms with Crippen molar-refractivity contribution in [1.29, 1.82) is 0 Å². The summed E-state index contributed by atoms with van der Waals surface area (Å²) < 4.78 is 18.4. The summed E-state index contributed by atoms with van der Waals surface area (Å²) in [5.74, 6) is 0.268. The van der Waals surface area contributed by atoms with Crippen LogP contribution >= 0.6 is 12.4 Å². The number of hydrogen-bond donors (Lipinski definition) is 1. The van der Waals surface area contributed by atoms with Crippen molar-refractivity contribution in [2.45, 2.75) is 25.4 Å². The van der Waals surface area contributed by atoms with Crippen LogP contribution in [0.4, 0.5) is 4.39 Å². The number of benzene rings is 1. The molecule has 21 heavy (non-hydrogen) atoms. The van der Waals surface area contributed by atoms with Crippen LogP contribution in [-0.4, -0.2) is 29.0 Å². The van der Waals surface area contributed by atoms with Gasteiger partial charge >= 0.3 is 0 Å². The Labute approximate surface area is 129 Å². The lowest BCUT2D eigenvalue weighted by atomic mass is 10.1. The molecule has 1 aliphatic rings. The molecule has 2 heterocycles. The van der Waals surface area contributed by atoms with E-state index < -0.39 is 0 Å². The number of piperidine rings is 1. The van der Waals surface area contributed by atoms with Crippen molar-refractivity contribution in [3.8, 4) is 11.5 Å². The zero-order valence-corrected chi connectivity index (χ0v) is 12.5. The third-order valence-electron chi connectivity index (χ3n) is 3.57. The van der Waals surface area contributed by atoms with E-state index in [1.165, 1.54) is 12.1 Å². The standard InChI is InChI=1S/C15H18FN3O.ClH/c16-12-5-3-11(4-6-12)15-18-14(10-20-15)9-19-7-1-2-13(17)8-19;/h3-6,10,13H,1-2,7-9,17H2;1H. The molecule has 2 N–H and O–H groups in total. The first kappa shape index (κ1) is 15.9. The van der Waals surface area contributed by atoms with Gasteiger partial charge in [0, 0.05) is 24.7 Å². The molecular weight excluding hydrogens is 293 g/mol. The van der Waals surface area contributed by atoms with Crippen LogP contribution in [0.3, 0.4) is 0 Å². The van der Waals surface area contributed by atoms with Crippen molar-refractivity contribution in [2.75, 3.05) is 13.1 Å². The van der Waals surface area contributed by atoms with Gasteiger partial charge in [0.05, 0.1) is 5.69 Å². The highest BCUT2D eigenvalue weighted by Gasteiger charge is 2.18. The number of likely N-dealkylation sites (tertiary alicyclic amines) is 1. The van der Waals surface area contributed by atoms with Crippen molar-refractivity contribution in [1.82, 2.24) is 9.88 Å². The Kier molecular flexibility index (Phi) is 5.33. The van der Waals surface area contributed by atoms with E-state index >= 15 is 0 Å². The Morgan fingerprint density at radius 1 is 1.33 bits per heavy atom. The highest BCUT2D eigenvalue weighted by atomic mass is 35.5.